The van der Waals surface area contributed by atoms with Crippen LogP contribution in [0.5, 0.6) is 0 Å². The van der Waals surface area contributed by atoms with Crippen LogP contribution in [0.25, 0.3) is 0 Å². The van der Waals surface area contributed by atoms with E-state index >= 15 is 0 Å². The maximum absolute atomic E-state index is 5.83. The molecule has 2 aromatic rings. The summed E-state index contributed by atoms with van der Waals surface area (Å²) in [6.45, 7) is 1.18. The van der Waals surface area contributed by atoms with Crippen LogP contribution in [0.4, 0.5) is 5.82 Å². The number of aromatic nitrogens is 2. The molecule has 1 heterocycles. The number of rotatable bonds is 5. The SMILES string of the molecule is COCc1cc(NCc2ccc(Cl)cc2)ncn1. The lowest BCUT2D eigenvalue weighted by Crippen LogP contribution is -2.03. The Morgan fingerprint density at radius 3 is 2.72 bits per heavy atom. The van der Waals surface area contributed by atoms with E-state index in [0.717, 1.165) is 22.1 Å². The first kappa shape index (κ1) is 12.8. The van der Waals surface area contributed by atoms with Gasteiger partial charge >= 0.3 is 0 Å². The Labute approximate surface area is 111 Å². The standard InChI is InChI=1S/C13H14ClN3O/c1-18-8-12-6-13(17-9-16-12)15-7-10-2-4-11(14)5-3-10/h2-6,9H,7-8H2,1H3,(H,15,16,17). The predicted molar refractivity (Wildman–Crippen MR) is 71.5 cm³/mol. The summed E-state index contributed by atoms with van der Waals surface area (Å²) in [6, 6.07) is 9.57. The van der Waals surface area contributed by atoms with Gasteiger partial charge in [0.15, 0.2) is 0 Å². The molecule has 0 aliphatic carbocycles. The molecule has 0 radical (unpaired) electrons. The zero-order valence-corrected chi connectivity index (χ0v) is 10.8. The molecule has 0 fully saturated rings. The van der Waals surface area contributed by atoms with Crippen molar-refractivity contribution in [2.75, 3.05) is 12.4 Å². The van der Waals surface area contributed by atoms with Crippen molar-refractivity contribution in [2.24, 2.45) is 0 Å². The summed E-state index contributed by atoms with van der Waals surface area (Å²) in [7, 11) is 1.64. The molecule has 1 aromatic carbocycles. The monoisotopic (exact) mass is 263 g/mol. The van der Waals surface area contributed by atoms with Crippen LogP contribution in [0.2, 0.25) is 5.02 Å². The third-order valence-corrected chi connectivity index (χ3v) is 2.65. The molecule has 0 atom stereocenters. The van der Waals surface area contributed by atoms with E-state index in [1.807, 2.05) is 30.3 Å². The maximum atomic E-state index is 5.83. The van der Waals surface area contributed by atoms with Gasteiger partial charge in [-0.05, 0) is 17.7 Å². The van der Waals surface area contributed by atoms with Gasteiger partial charge in [-0.15, -0.1) is 0 Å². The molecule has 94 valence electrons. The molecule has 0 saturated carbocycles. The summed E-state index contributed by atoms with van der Waals surface area (Å²) in [4.78, 5) is 8.25. The minimum Gasteiger partial charge on any atom is -0.378 e. The minimum atomic E-state index is 0.484. The maximum Gasteiger partial charge on any atom is 0.129 e. The number of hydrogen-bond donors (Lipinski definition) is 1. The first-order valence-electron chi connectivity index (χ1n) is 5.56. The minimum absolute atomic E-state index is 0.484. The number of hydrogen-bond acceptors (Lipinski definition) is 4. The van der Waals surface area contributed by atoms with Crippen molar-refractivity contribution in [1.29, 1.82) is 0 Å². The van der Waals surface area contributed by atoms with Gasteiger partial charge in [0.1, 0.15) is 12.1 Å². The van der Waals surface area contributed by atoms with Gasteiger partial charge in [-0.2, -0.15) is 0 Å². The van der Waals surface area contributed by atoms with Crippen LogP contribution in [0.1, 0.15) is 11.3 Å². The number of anilines is 1. The second-order valence-corrected chi connectivity index (χ2v) is 4.24. The van der Waals surface area contributed by atoms with Crippen LogP contribution >= 0.6 is 11.6 Å². The summed E-state index contributed by atoms with van der Waals surface area (Å²) in [5.74, 6) is 0.784. The number of benzene rings is 1. The lowest BCUT2D eigenvalue weighted by atomic mass is 10.2. The fourth-order valence-corrected chi connectivity index (χ4v) is 1.64. The van der Waals surface area contributed by atoms with Gasteiger partial charge in [-0.1, -0.05) is 23.7 Å². The van der Waals surface area contributed by atoms with Gasteiger partial charge < -0.3 is 10.1 Å². The predicted octanol–water partition coefficient (Wildman–Crippen LogP) is 2.89. The summed E-state index contributed by atoms with van der Waals surface area (Å²) >= 11 is 5.83. The molecule has 5 heteroatoms. The van der Waals surface area contributed by atoms with Gasteiger partial charge in [0, 0.05) is 24.7 Å². The number of ether oxygens (including phenoxy) is 1. The van der Waals surface area contributed by atoms with Gasteiger partial charge in [-0.3, -0.25) is 0 Å². The molecule has 0 amide bonds. The molecule has 2 rings (SSSR count). The van der Waals surface area contributed by atoms with Crippen LogP contribution in [0.15, 0.2) is 36.7 Å². The molecule has 0 unspecified atom stereocenters. The average Bonchev–Trinajstić information content (AvgIpc) is 2.39. The average molecular weight is 264 g/mol. The van der Waals surface area contributed by atoms with E-state index in [1.54, 1.807) is 7.11 Å². The van der Waals surface area contributed by atoms with Crippen LogP contribution in [-0.4, -0.2) is 17.1 Å². The zero-order valence-electron chi connectivity index (χ0n) is 10.1. The molecular weight excluding hydrogens is 250 g/mol. The van der Waals surface area contributed by atoms with E-state index in [0.29, 0.717) is 13.2 Å². The number of methoxy groups -OCH3 is 1. The Morgan fingerprint density at radius 2 is 2.00 bits per heavy atom. The van der Waals surface area contributed by atoms with Crippen molar-refractivity contribution in [1.82, 2.24) is 9.97 Å². The van der Waals surface area contributed by atoms with Gasteiger partial charge in [0.2, 0.25) is 0 Å². The van der Waals surface area contributed by atoms with E-state index in [9.17, 15) is 0 Å². The number of nitrogens with zero attached hydrogens (tertiary/aromatic N) is 2. The highest BCUT2D eigenvalue weighted by Gasteiger charge is 1.99. The quantitative estimate of drug-likeness (QED) is 0.901. The van der Waals surface area contributed by atoms with E-state index in [1.165, 1.54) is 6.33 Å². The largest absolute Gasteiger partial charge is 0.378 e. The number of halogens is 1. The van der Waals surface area contributed by atoms with Crippen LogP contribution in [0, 0.1) is 0 Å². The summed E-state index contributed by atoms with van der Waals surface area (Å²) in [5.41, 5.74) is 2.00. The van der Waals surface area contributed by atoms with Gasteiger partial charge in [-0.25, -0.2) is 9.97 Å². The second-order valence-electron chi connectivity index (χ2n) is 3.81. The molecule has 0 saturated heterocycles. The van der Waals surface area contributed by atoms with Crippen molar-refractivity contribution >= 4 is 17.4 Å². The highest BCUT2D eigenvalue weighted by atomic mass is 35.5. The Balaban J connectivity index is 1.97. The Bertz CT molecular complexity index is 502. The van der Waals surface area contributed by atoms with Crippen molar-refractivity contribution in [3.8, 4) is 0 Å². The normalized spacial score (nSPS) is 10.3. The third-order valence-electron chi connectivity index (χ3n) is 2.40. The highest BCUT2D eigenvalue weighted by Crippen LogP contribution is 2.11. The van der Waals surface area contributed by atoms with Crippen LogP contribution < -0.4 is 5.32 Å². The molecule has 4 nitrogen and oxygen atoms in total. The highest BCUT2D eigenvalue weighted by molar-refractivity contribution is 6.30. The van der Waals surface area contributed by atoms with Crippen molar-refractivity contribution in [2.45, 2.75) is 13.2 Å². The fourth-order valence-electron chi connectivity index (χ4n) is 1.52. The van der Waals surface area contributed by atoms with E-state index in [4.69, 9.17) is 16.3 Å². The molecule has 0 bridgehead atoms. The number of nitrogens with one attached hydrogen (secondary N) is 1. The molecule has 0 spiro atoms. The second kappa shape index (κ2) is 6.33. The zero-order chi connectivity index (χ0) is 12.8. The molecule has 1 aromatic heterocycles. The molecule has 1 N–H and O–H groups in total. The molecule has 0 aliphatic heterocycles. The van der Waals surface area contributed by atoms with E-state index < -0.39 is 0 Å². The smallest absolute Gasteiger partial charge is 0.129 e. The lowest BCUT2D eigenvalue weighted by Gasteiger charge is -2.06. The van der Waals surface area contributed by atoms with E-state index in [-0.39, 0.29) is 0 Å². The first-order valence-corrected chi connectivity index (χ1v) is 5.94. The fraction of sp³-hybridized carbons (Fsp3) is 0.231. The van der Waals surface area contributed by atoms with Crippen molar-refractivity contribution in [3.63, 3.8) is 0 Å². The first-order chi connectivity index (χ1) is 8.78. The Kier molecular flexibility index (Phi) is 4.50. The van der Waals surface area contributed by atoms with Gasteiger partial charge in [0.25, 0.3) is 0 Å². The van der Waals surface area contributed by atoms with Crippen LogP contribution in [0.3, 0.4) is 0 Å². The topological polar surface area (TPSA) is 47.0 Å². The molecule has 18 heavy (non-hydrogen) atoms. The Hall–Kier alpha value is -1.65. The lowest BCUT2D eigenvalue weighted by molar-refractivity contribution is 0.181. The summed E-state index contributed by atoms with van der Waals surface area (Å²) in [6.07, 6.45) is 1.53. The molecular formula is C13H14ClN3O. The van der Waals surface area contributed by atoms with Crippen LogP contribution in [-0.2, 0) is 17.9 Å². The van der Waals surface area contributed by atoms with Crippen molar-refractivity contribution < 1.29 is 4.74 Å². The third kappa shape index (κ3) is 3.68. The molecule has 0 aliphatic rings. The van der Waals surface area contributed by atoms with Crippen molar-refractivity contribution in [3.05, 3.63) is 52.9 Å². The summed E-state index contributed by atoms with van der Waals surface area (Å²) in [5, 5.41) is 3.97. The van der Waals surface area contributed by atoms with Gasteiger partial charge in [0.05, 0.1) is 12.3 Å². The Morgan fingerprint density at radius 1 is 1.22 bits per heavy atom. The summed E-state index contributed by atoms with van der Waals surface area (Å²) < 4.78 is 5.03. The van der Waals surface area contributed by atoms with E-state index in [2.05, 4.69) is 15.3 Å².